The first-order chi connectivity index (χ1) is 9.22. The lowest BCUT2D eigenvalue weighted by Gasteiger charge is -2.02. The molecule has 2 rings (SSSR count). The highest BCUT2D eigenvalue weighted by atomic mass is 16.5. The minimum absolute atomic E-state index is 0.108. The molecular formula is C15H12N2O2. The maximum atomic E-state index is 9.77. The van der Waals surface area contributed by atoms with Gasteiger partial charge in [0.2, 0.25) is 0 Å². The Hall–Kier alpha value is -2.80. The van der Waals surface area contributed by atoms with Crippen molar-refractivity contribution in [2.75, 3.05) is 7.11 Å². The van der Waals surface area contributed by atoms with Gasteiger partial charge in [0.25, 0.3) is 0 Å². The molecule has 0 bridgehead atoms. The van der Waals surface area contributed by atoms with E-state index in [1.54, 1.807) is 49.7 Å². The lowest BCUT2D eigenvalue weighted by Crippen LogP contribution is -1.86. The van der Waals surface area contributed by atoms with E-state index in [0.29, 0.717) is 22.6 Å². The number of ether oxygens (including phenoxy) is 1. The van der Waals surface area contributed by atoms with Gasteiger partial charge in [-0.25, -0.2) is 0 Å². The lowest BCUT2D eigenvalue weighted by atomic mass is 10.2. The molecule has 2 aromatic rings. The van der Waals surface area contributed by atoms with Gasteiger partial charge < -0.3 is 9.84 Å². The molecular weight excluding hydrogens is 240 g/mol. The van der Waals surface area contributed by atoms with Crippen molar-refractivity contribution in [1.82, 2.24) is 0 Å². The molecule has 0 heterocycles. The first kappa shape index (κ1) is 12.7. The second-order valence-electron chi connectivity index (χ2n) is 3.84. The molecule has 4 nitrogen and oxygen atoms in total. The van der Waals surface area contributed by atoms with Crippen LogP contribution in [0.15, 0.2) is 47.5 Å². The van der Waals surface area contributed by atoms with Crippen molar-refractivity contribution in [3.8, 4) is 17.6 Å². The summed E-state index contributed by atoms with van der Waals surface area (Å²) in [4.78, 5) is 4.23. The van der Waals surface area contributed by atoms with E-state index < -0.39 is 0 Å². The number of benzene rings is 2. The monoisotopic (exact) mass is 252 g/mol. The van der Waals surface area contributed by atoms with Crippen molar-refractivity contribution in [3.05, 3.63) is 53.6 Å². The highest BCUT2D eigenvalue weighted by Gasteiger charge is 2.00. The minimum Gasteiger partial charge on any atom is -0.507 e. The van der Waals surface area contributed by atoms with Crippen molar-refractivity contribution < 1.29 is 9.84 Å². The molecule has 2 aromatic carbocycles. The first-order valence-electron chi connectivity index (χ1n) is 5.64. The molecule has 0 radical (unpaired) electrons. The Bertz CT molecular complexity index is 640. The second kappa shape index (κ2) is 5.69. The zero-order valence-corrected chi connectivity index (χ0v) is 10.4. The Morgan fingerprint density at radius 1 is 1.21 bits per heavy atom. The number of hydrogen-bond donors (Lipinski definition) is 1. The molecule has 4 heteroatoms. The number of aliphatic imine (C=N–C) groups is 1. The van der Waals surface area contributed by atoms with Gasteiger partial charge in [-0.2, -0.15) is 5.26 Å². The van der Waals surface area contributed by atoms with Gasteiger partial charge in [0.15, 0.2) is 0 Å². The van der Waals surface area contributed by atoms with E-state index in [0.717, 1.165) is 0 Å². The number of methoxy groups -OCH3 is 1. The molecule has 0 atom stereocenters. The number of hydrogen-bond acceptors (Lipinski definition) is 4. The molecule has 0 saturated carbocycles. The summed E-state index contributed by atoms with van der Waals surface area (Å²) in [5, 5.41) is 18.5. The van der Waals surface area contributed by atoms with Crippen molar-refractivity contribution in [2.24, 2.45) is 4.99 Å². The largest absolute Gasteiger partial charge is 0.507 e. The van der Waals surface area contributed by atoms with Gasteiger partial charge in [-0.15, -0.1) is 0 Å². The molecule has 1 N–H and O–H groups in total. The zero-order valence-electron chi connectivity index (χ0n) is 10.4. The van der Waals surface area contributed by atoms with E-state index in [-0.39, 0.29) is 5.75 Å². The maximum Gasteiger partial charge on any atom is 0.128 e. The van der Waals surface area contributed by atoms with Crippen molar-refractivity contribution in [3.63, 3.8) is 0 Å². The van der Waals surface area contributed by atoms with Crippen LogP contribution in [-0.2, 0) is 0 Å². The van der Waals surface area contributed by atoms with E-state index in [1.165, 1.54) is 6.07 Å². The molecule has 0 aliphatic heterocycles. The van der Waals surface area contributed by atoms with Crippen LogP contribution in [-0.4, -0.2) is 18.4 Å². The highest BCUT2D eigenvalue weighted by Crippen LogP contribution is 2.22. The van der Waals surface area contributed by atoms with E-state index in [9.17, 15) is 5.11 Å². The smallest absolute Gasteiger partial charge is 0.128 e. The predicted molar refractivity (Wildman–Crippen MR) is 73.1 cm³/mol. The fourth-order valence-corrected chi connectivity index (χ4v) is 1.53. The number of aromatic hydroxyl groups is 1. The second-order valence-corrected chi connectivity index (χ2v) is 3.84. The Labute approximate surface area is 111 Å². The number of rotatable bonds is 3. The zero-order chi connectivity index (χ0) is 13.7. The fourth-order valence-electron chi connectivity index (χ4n) is 1.53. The maximum absolute atomic E-state index is 9.77. The molecule has 94 valence electrons. The average Bonchev–Trinajstić information content (AvgIpc) is 2.46. The quantitative estimate of drug-likeness (QED) is 0.854. The van der Waals surface area contributed by atoms with Crippen LogP contribution in [0.1, 0.15) is 11.1 Å². The summed E-state index contributed by atoms with van der Waals surface area (Å²) in [5.41, 5.74) is 1.91. The van der Waals surface area contributed by atoms with Crippen LogP contribution < -0.4 is 4.74 Å². The number of nitrogens with zero attached hydrogens (tertiary/aromatic N) is 2. The van der Waals surface area contributed by atoms with Gasteiger partial charge in [-0.1, -0.05) is 0 Å². The summed E-state index contributed by atoms with van der Waals surface area (Å²) in [6.45, 7) is 0. The fraction of sp³-hybridized carbons (Fsp3) is 0.0667. The lowest BCUT2D eigenvalue weighted by molar-refractivity contribution is 0.407. The Morgan fingerprint density at radius 2 is 1.95 bits per heavy atom. The van der Waals surface area contributed by atoms with Gasteiger partial charge in [-0.3, -0.25) is 4.99 Å². The van der Waals surface area contributed by atoms with Gasteiger partial charge in [0.1, 0.15) is 11.5 Å². The Kier molecular flexibility index (Phi) is 3.79. The van der Waals surface area contributed by atoms with Gasteiger partial charge in [0.05, 0.1) is 24.4 Å². The highest BCUT2D eigenvalue weighted by molar-refractivity contribution is 5.85. The van der Waals surface area contributed by atoms with Crippen molar-refractivity contribution in [1.29, 1.82) is 5.26 Å². The third-order valence-electron chi connectivity index (χ3n) is 2.59. The standard InChI is InChI=1S/C15H12N2O2/c1-19-14-7-4-12(15(18)8-14)10-17-13-5-2-11(9-16)3-6-13/h2-8,10,18H,1H3. The van der Waals surface area contributed by atoms with Crippen LogP contribution >= 0.6 is 0 Å². The SMILES string of the molecule is COc1ccc(C=Nc2ccc(C#N)cc2)c(O)c1. The predicted octanol–water partition coefficient (Wildman–Crippen LogP) is 3.02. The van der Waals surface area contributed by atoms with Crippen LogP contribution in [0.5, 0.6) is 11.5 Å². The third kappa shape index (κ3) is 3.11. The van der Waals surface area contributed by atoms with Crippen LogP contribution in [0.4, 0.5) is 5.69 Å². The normalized spacial score (nSPS) is 10.3. The van der Waals surface area contributed by atoms with Crippen LogP contribution in [0.2, 0.25) is 0 Å². The summed E-state index contributed by atoms with van der Waals surface area (Å²) in [7, 11) is 1.54. The van der Waals surface area contributed by atoms with Gasteiger partial charge in [0, 0.05) is 17.8 Å². The molecule has 0 fully saturated rings. The van der Waals surface area contributed by atoms with Crippen LogP contribution in [0.25, 0.3) is 0 Å². The van der Waals surface area contributed by atoms with Crippen LogP contribution in [0.3, 0.4) is 0 Å². The summed E-state index contributed by atoms with van der Waals surface area (Å²) in [6, 6.07) is 13.9. The number of phenols is 1. The molecule has 0 aliphatic rings. The Morgan fingerprint density at radius 3 is 2.53 bits per heavy atom. The number of phenolic OH excluding ortho intramolecular Hbond substituents is 1. The first-order valence-corrected chi connectivity index (χ1v) is 5.64. The molecule has 0 unspecified atom stereocenters. The minimum atomic E-state index is 0.108. The Balaban J connectivity index is 2.20. The van der Waals surface area contributed by atoms with Crippen molar-refractivity contribution >= 4 is 11.9 Å². The van der Waals surface area contributed by atoms with Crippen LogP contribution in [0, 0.1) is 11.3 Å². The van der Waals surface area contributed by atoms with Gasteiger partial charge in [-0.05, 0) is 36.4 Å². The van der Waals surface area contributed by atoms with E-state index in [4.69, 9.17) is 10.00 Å². The van der Waals surface area contributed by atoms with E-state index in [2.05, 4.69) is 4.99 Å². The van der Waals surface area contributed by atoms with E-state index >= 15 is 0 Å². The molecule has 0 aromatic heterocycles. The molecule has 0 saturated heterocycles. The van der Waals surface area contributed by atoms with Gasteiger partial charge >= 0.3 is 0 Å². The molecule has 0 spiro atoms. The summed E-state index contributed by atoms with van der Waals surface area (Å²) < 4.78 is 5.00. The molecule has 0 amide bonds. The van der Waals surface area contributed by atoms with Crippen molar-refractivity contribution in [2.45, 2.75) is 0 Å². The topological polar surface area (TPSA) is 65.6 Å². The van der Waals surface area contributed by atoms with E-state index in [1.807, 2.05) is 6.07 Å². The average molecular weight is 252 g/mol. The molecule has 0 aliphatic carbocycles. The number of nitriles is 1. The third-order valence-corrected chi connectivity index (χ3v) is 2.59. The summed E-state index contributed by atoms with van der Waals surface area (Å²) in [5.74, 6) is 0.699. The summed E-state index contributed by atoms with van der Waals surface area (Å²) in [6.07, 6.45) is 1.57. The summed E-state index contributed by atoms with van der Waals surface area (Å²) >= 11 is 0. The molecule has 19 heavy (non-hydrogen) atoms.